The van der Waals surface area contributed by atoms with Gasteiger partial charge >= 0.3 is 0 Å². The fourth-order valence-electron chi connectivity index (χ4n) is 3.58. The molecular formula is C13H20F4. The molecule has 0 N–H and O–H groups in total. The Morgan fingerprint density at radius 2 is 1.35 bits per heavy atom. The van der Waals surface area contributed by atoms with Gasteiger partial charge in [-0.3, -0.25) is 0 Å². The van der Waals surface area contributed by atoms with E-state index in [1.165, 1.54) is 0 Å². The Bertz CT molecular complexity index is 265. The second kappa shape index (κ2) is 4.43. The highest BCUT2D eigenvalue weighted by Crippen LogP contribution is 2.48. The van der Waals surface area contributed by atoms with Crippen molar-refractivity contribution >= 4 is 0 Å². The lowest BCUT2D eigenvalue weighted by Crippen LogP contribution is -2.37. The molecule has 0 aliphatic heterocycles. The van der Waals surface area contributed by atoms with Crippen molar-refractivity contribution in [2.45, 2.75) is 63.7 Å². The molecule has 2 aliphatic rings. The maximum atomic E-state index is 13.2. The molecule has 2 saturated carbocycles. The maximum Gasteiger partial charge on any atom is 0.248 e. The fourth-order valence-corrected chi connectivity index (χ4v) is 3.58. The summed E-state index contributed by atoms with van der Waals surface area (Å²) in [6, 6.07) is 0. The van der Waals surface area contributed by atoms with Crippen LogP contribution in [0.4, 0.5) is 17.6 Å². The van der Waals surface area contributed by atoms with Crippen LogP contribution in [0, 0.1) is 17.8 Å². The first kappa shape index (κ1) is 13.2. The average Bonchev–Trinajstić information content (AvgIpc) is 2.18. The van der Waals surface area contributed by atoms with Gasteiger partial charge in [-0.15, -0.1) is 0 Å². The summed E-state index contributed by atoms with van der Waals surface area (Å²) in [6.45, 7) is 1.85. The Balaban J connectivity index is 1.92. The molecule has 4 heteroatoms. The van der Waals surface area contributed by atoms with Crippen LogP contribution >= 0.6 is 0 Å². The molecule has 17 heavy (non-hydrogen) atoms. The summed E-state index contributed by atoms with van der Waals surface area (Å²) in [5, 5.41) is 0. The predicted octanol–water partition coefficient (Wildman–Crippen LogP) is 4.88. The van der Waals surface area contributed by atoms with E-state index >= 15 is 0 Å². The smallest absolute Gasteiger partial charge is 0.207 e. The lowest BCUT2D eigenvalue weighted by atomic mass is 9.67. The van der Waals surface area contributed by atoms with E-state index in [2.05, 4.69) is 0 Å². The third kappa shape index (κ3) is 3.14. The number of alkyl halides is 4. The van der Waals surface area contributed by atoms with Gasteiger partial charge in [0, 0.05) is 25.7 Å². The van der Waals surface area contributed by atoms with Gasteiger partial charge in [0.1, 0.15) is 0 Å². The molecule has 0 saturated heterocycles. The zero-order valence-corrected chi connectivity index (χ0v) is 10.2. The minimum atomic E-state index is -2.53. The van der Waals surface area contributed by atoms with Gasteiger partial charge in [0.2, 0.25) is 11.8 Å². The van der Waals surface area contributed by atoms with Crippen molar-refractivity contribution in [3.05, 3.63) is 0 Å². The summed E-state index contributed by atoms with van der Waals surface area (Å²) in [5.74, 6) is -4.62. The van der Waals surface area contributed by atoms with Crippen LogP contribution in [0.2, 0.25) is 0 Å². The highest BCUT2D eigenvalue weighted by Gasteiger charge is 2.44. The SMILES string of the molecule is C[C@H]1CC(F)(F)CCC1C1CCC(F)(F)CC1. The Kier molecular flexibility index (Phi) is 3.43. The molecule has 0 aromatic rings. The van der Waals surface area contributed by atoms with Crippen LogP contribution < -0.4 is 0 Å². The molecule has 0 aromatic heterocycles. The fraction of sp³-hybridized carbons (Fsp3) is 1.00. The van der Waals surface area contributed by atoms with Crippen LogP contribution in [-0.2, 0) is 0 Å². The Labute approximate surface area is 99.8 Å². The number of hydrogen-bond acceptors (Lipinski definition) is 0. The first-order valence-corrected chi connectivity index (χ1v) is 6.55. The molecule has 0 bridgehead atoms. The van der Waals surface area contributed by atoms with E-state index in [0.29, 0.717) is 19.3 Å². The molecule has 100 valence electrons. The lowest BCUT2D eigenvalue weighted by molar-refractivity contribution is -0.0933. The van der Waals surface area contributed by atoms with E-state index < -0.39 is 11.8 Å². The van der Waals surface area contributed by atoms with Crippen LogP contribution in [0.5, 0.6) is 0 Å². The molecule has 0 nitrogen and oxygen atoms in total. The Hall–Kier alpha value is -0.280. The molecule has 1 unspecified atom stereocenters. The molecule has 0 heterocycles. The second-order valence-electron chi connectivity index (χ2n) is 5.93. The summed E-state index contributed by atoms with van der Waals surface area (Å²) >= 11 is 0. The van der Waals surface area contributed by atoms with Crippen molar-refractivity contribution in [2.75, 3.05) is 0 Å². The van der Waals surface area contributed by atoms with Crippen LogP contribution in [-0.4, -0.2) is 11.8 Å². The van der Waals surface area contributed by atoms with Gasteiger partial charge in [-0.25, -0.2) is 17.6 Å². The van der Waals surface area contributed by atoms with Gasteiger partial charge in [-0.05, 0) is 37.0 Å². The van der Waals surface area contributed by atoms with Crippen LogP contribution in [0.15, 0.2) is 0 Å². The van der Waals surface area contributed by atoms with Gasteiger partial charge in [-0.2, -0.15) is 0 Å². The van der Waals surface area contributed by atoms with Crippen LogP contribution in [0.1, 0.15) is 51.9 Å². The molecule has 2 fully saturated rings. The first-order chi connectivity index (χ1) is 7.79. The van der Waals surface area contributed by atoms with Crippen molar-refractivity contribution < 1.29 is 17.6 Å². The largest absolute Gasteiger partial charge is 0.248 e. The van der Waals surface area contributed by atoms with Crippen molar-refractivity contribution in [1.82, 2.24) is 0 Å². The summed E-state index contributed by atoms with van der Waals surface area (Å²) < 4.78 is 52.5. The lowest BCUT2D eigenvalue weighted by Gasteiger charge is -2.41. The van der Waals surface area contributed by atoms with Crippen LogP contribution in [0.25, 0.3) is 0 Å². The maximum absolute atomic E-state index is 13.2. The Morgan fingerprint density at radius 1 is 0.824 bits per heavy atom. The zero-order valence-electron chi connectivity index (χ0n) is 10.2. The van der Waals surface area contributed by atoms with Crippen LogP contribution in [0.3, 0.4) is 0 Å². The van der Waals surface area contributed by atoms with Gasteiger partial charge in [0.15, 0.2) is 0 Å². The molecule has 2 atom stereocenters. The summed E-state index contributed by atoms with van der Waals surface area (Å²) in [5.41, 5.74) is 0. The highest BCUT2D eigenvalue weighted by atomic mass is 19.3. The normalized spacial score (nSPS) is 37.9. The monoisotopic (exact) mass is 252 g/mol. The zero-order chi connectivity index (χ0) is 12.7. The summed E-state index contributed by atoms with van der Waals surface area (Å²) in [4.78, 5) is 0. The highest BCUT2D eigenvalue weighted by molar-refractivity contribution is 4.89. The van der Waals surface area contributed by atoms with Crippen molar-refractivity contribution in [3.63, 3.8) is 0 Å². The van der Waals surface area contributed by atoms with Gasteiger partial charge in [0.05, 0.1) is 0 Å². The van der Waals surface area contributed by atoms with E-state index in [4.69, 9.17) is 0 Å². The first-order valence-electron chi connectivity index (χ1n) is 6.55. The number of halogens is 4. The van der Waals surface area contributed by atoms with E-state index in [1.807, 2.05) is 6.92 Å². The quantitative estimate of drug-likeness (QED) is 0.583. The molecule has 0 aromatic carbocycles. The molecule has 2 aliphatic carbocycles. The topological polar surface area (TPSA) is 0 Å². The average molecular weight is 252 g/mol. The number of hydrogen-bond donors (Lipinski definition) is 0. The van der Waals surface area contributed by atoms with Gasteiger partial charge in [-0.1, -0.05) is 6.92 Å². The molecule has 0 amide bonds. The number of rotatable bonds is 1. The molecular weight excluding hydrogens is 232 g/mol. The third-order valence-electron chi connectivity index (χ3n) is 4.56. The van der Waals surface area contributed by atoms with Crippen molar-refractivity contribution in [1.29, 1.82) is 0 Å². The van der Waals surface area contributed by atoms with Crippen molar-refractivity contribution in [3.8, 4) is 0 Å². The van der Waals surface area contributed by atoms with E-state index in [9.17, 15) is 17.6 Å². The Morgan fingerprint density at radius 3 is 1.88 bits per heavy atom. The molecule has 2 rings (SSSR count). The molecule has 0 radical (unpaired) electrons. The standard InChI is InChI=1S/C13H20F4/c1-9-8-13(16,17)7-4-11(9)10-2-5-12(14,15)6-3-10/h9-11H,2-8H2,1H3/t9-,11?/m0/s1. The van der Waals surface area contributed by atoms with Crippen molar-refractivity contribution in [2.24, 2.45) is 17.8 Å². The third-order valence-corrected chi connectivity index (χ3v) is 4.56. The predicted molar refractivity (Wildman–Crippen MR) is 58.4 cm³/mol. The van der Waals surface area contributed by atoms with E-state index in [0.717, 1.165) is 0 Å². The minimum absolute atomic E-state index is 0.0320. The summed E-state index contributed by atoms with van der Waals surface area (Å²) in [7, 11) is 0. The minimum Gasteiger partial charge on any atom is -0.207 e. The second-order valence-corrected chi connectivity index (χ2v) is 5.93. The summed E-state index contributed by atoms with van der Waals surface area (Å²) in [6.07, 6.45) is 1.28. The van der Waals surface area contributed by atoms with Gasteiger partial charge < -0.3 is 0 Å². The molecule has 0 spiro atoms. The van der Waals surface area contributed by atoms with Gasteiger partial charge in [0.25, 0.3) is 0 Å². The van der Waals surface area contributed by atoms with E-state index in [1.54, 1.807) is 0 Å². The van der Waals surface area contributed by atoms with E-state index in [-0.39, 0.29) is 43.4 Å².